The topological polar surface area (TPSA) is 103 Å². The van der Waals surface area contributed by atoms with Gasteiger partial charge in [0.15, 0.2) is 11.2 Å². The maximum atomic E-state index is 12.8. The fourth-order valence-corrected chi connectivity index (χ4v) is 3.52. The minimum absolute atomic E-state index is 0.308. The number of aromatic nitrogens is 6. The number of rotatable bonds is 5. The second kappa shape index (κ2) is 7.91. The van der Waals surface area contributed by atoms with Gasteiger partial charge in [-0.1, -0.05) is 18.2 Å². The van der Waals surface area contributed by atoms with Crippen LogP contribution in [0.5, 0.6) is 0 Å². The van der Waals surface area contributed by atoms with Crippen LogP contribution in [-0.4, -0.2) is 28.5 Å². The van der Waals surface area contributed by atoms with E-state index in [0.717, 1.165) is 11.3 Å². The third-order valence-electron chi connectivity index (χ3n) is 5.20. The second-order valence-electron chi connectivity index (χ2n) is 6.99. The molecule has 9 nitrogen and oxygen atoms in total. The Bertz CT molecular complexity index is 1460. The summed E-state index contributed by atoms with van der Waals surface area (Å²) in [6, 6.07) is 9.71. The van der Waals surface area contributed by atoms with Crippen molar-refractivity contribution in [3.05, 3.63) is 74.4 Å². The summed E-state index contributed by atoms with van der Waals surface area (Å²) in [5.41, 5.74) is 2.40. The molecule has 3 heterocycles. The highest BCUT2D eigenvalue weighted by atomic mass is 16.2. The van der Waals surface area contributed by atoms with Gasteiger partial charge in [-0.05, 0) is 37.6 Å². The summed E-state index contributed by atoms with van der Waals surface area (Å²) in [6.07, 6.45) is 6.89. The van der Waals surface area contributed by atoms with Crippen molar-refractivity contribution in [1.29, 1.82) is 5.26 Å². The highest BCUT2D eigenvalue weighted by Gasteiger charge is 2.17. The molecule has 0 saturated heterocycles. The largest absolute Gasteiger partial charge is 0.332 e. The fraction of sp³-hybridized carbons (Fsp3) is 0.227. The number of aryl methyl sites for hydroxylation is 2. The minimum atomic E-state index is -0.343. The molecule has 3 aromatic heterocycles. The predicted molar refractivity (Wildman–Crippen MR) is 118 cm³/mol. The molecule has 4 rings (SSSR count). The van der Waals surface area contributed by atoms with E-state index in [4.69, 9.17) is 5.26 Å². The number of fused-ring (bicyclic) bond motifs is 1. The van der Waals surface area contributed by atoms with Crippen LogP contribution in [0.1, 0.15) is 30.8 Å². The van der Waals surface area contributed by atoms with Crippen LogP contribution in [-0.2, 0) is 20.1 Å². The molecular weight excluding hydrogens is 394 g/mol. The Balaban J connectivity index is 1.71. The van der Waals surface area contributed by atoms with E-state index in [1.54, 1.807) is 29.4 Å². The van der Waals surface area contributed by atoms with E-state index >= 15 is 0 Å². The predicted octanol–water partition coefficient (Wildman–Crippen LogP) is 2.16. The van der Waals surface area contributed by atoms with Crippen molar-refractivity contribution >= 4 is 23.3 Å². The Kier molecular flexibility index (Phi) is 5.13. The average Bonchev–Trinajstić information content (AvgIpc) is 3.38. The lowest BCUT2D eigenvalue weighted by atomic mass is 10.2. The smallest absolute Gasteiger partial charge is 0.322 e. The summed E-state index contributed by atoms with van der Waals surface area (Å²) >= 11 is 0. The molecule has 0 saturated carbocycles. The van der Waals surface area contributed by atoms with Crippen LogP contribution in [0.25, 0.3) is 29.0 Å². The summed E-state index contributed by atoms with van der Waals surface area (Å²) in [5.74, 6) is 0.581. The number of imidazole rings is 1. The van der Waals surface area contributed by atoms with Gasteiger partial charge in [-0.3, -0.25) is 13.9 Å². The van der Waals surface area contributed by atoms with Gasteiger partial charge in [-0.2, -0.15) is 10.4 Å². The zero-order valence-electron chi connectivity index (χ0n) is 17.5. The van der Waals surface area contributed by atoms with E-state index in [1.807, 2.05) is 43.3 Å². The molecule has 0 aliphatic heterocycles. The van der Waals surface area contributed by atoms with E-state index in [0.29, 0.717) is 35.6 Å². The summed E-state index contributed by atoms with van der Waals surface area (Å²) < 4.78 is 6.10. The molecule has 0 bridgehead atoms. The highest BCUT2D eigenvalue weighted by molar-refractivity contribution is 5.76. The van der Waals surface area contributed by atoms with Gasteiger partial charge in [-0.15, -0.1) is 0 Å². The number of hydrogen-bond donors (Lipinski definition) is 0. The molecule has 0 radical (unpaired) electrons. The Labute approximate surface area is 177 Å². The third kappa shape index (κ3) is 3.38. The fourth-order valence-electron chi connectivity index (χ4n) is 3.52. The van der Waals surface area contributed by atoms with Crippen molar-refractivity contribution < 1.29 is 0 Å². The first-order chi connectivity index (χ1) is 15.0. The molecule has 156 valence electrons. The van der Waals surface area contributed by atoms with Crippen LogP contribution < -0.4 is 11.2 Å². The molecule has 0 spiro atoms. The maximum absolute atomic E-state index is 12.8. The molecule has 0 atom stereocenters. The second-order valence-corrected chi connectivity index (χ2v) is 6.99. The number of nitrogens with zero attached hydrogens (tertiary/aromatic N) is 7. The van der Waals surface area contributed by atoms with Gasteiger partial charge in [0.2, 0.25) is 0 Å². The summed E-state index contributed by atoms with van der Waals surface area (Å²) in [6.45, 7) is 4.37. The van der Waals surface area contributed by atoms with Crippen LogP contribution in [0.15, 0.2) is 46.2 Å². The van der Waals surface area contributed by atoms with Crippen LogP contribution >= 0.6 is 0 Å². The molecule has 31 heavy (non-hydrogen) atoms. The lowest BCUT2D eigenvalue weighted by Gasteiger charge is -2.08. The van der Waals surface area contributed by atoms with Crippen LogP contribution in [0.3, 0.4) is 0 Å². The Morgan fingerprint density at radius 2 is 1.77 bits per heavy atom. The van der Waals surface area contributed by atoms with Crippen molar-refractivity contribution in [2.75, 3.05) is 0 Å². The van der Waals surface area contributed by atoms with Crippen molar-refractivity contribution in [2.24, 2.45) is 7.05 Å². The van der Waals surface area contributed by atoms with E-state index < -0.39 is 0 Å². The van der Waals surface area contributed by atoms with Gasteiger partial charge >= 0.3 is 5.69 Å². The van der Waals surface area contributed by atoms with Crippen LogP contribution in [0.4, 0.5) is 0 Å². The Morgan fingerprint density at radius 3 is 2.39 bits per heavy atom. The third-order valence-corrected chi connectivity index (χ3v) is 5.20. The zero-order chi connectivity index (χ0) is 22.1. The van der Waals surface area contributed by atoms with Crippen LogP contribution in [0, 0.1) is 11.3 Å². The molecule has 0 N–H and O–H groups in total. The Hall–Kier alpha value is -4.19. The van der Waals surface area contributed by atoms with Crippen molar-refractivity contribution in [3.63, 3.8) is 0 Å². The van der Waals surface area contributed by atoms with Gasteiger partial charge in [0.25, 0.3) is 5.56 Å². The lowest BCUT2D eigenvalue weighted by molar-refractivity contribution is 0.604. The minimum Gasteiger partial charge on any atom is -0.322 e. The number of benzene rings is 1. The molecule has 0 fully saturated rings. The zero-order valence-corrected chi connectivity index (χ0v) is 17.5. The normalized spacial score (nSPS) is 11.4. The van der Waals surface area contributed by atoms with Crippen LogP contribution in [0.2, 0.25) is 0 Å². The van der Waals surface area contributed by atoms with E-state index in [9.17, 15) is 9.59 Å². The maximum Gasteiger partial charge on any atom is 0.332 e. The lowest BCUT2D eigenvalue weighted by Crippen LogP contribution is -2.39. The van der Waals surface area contributed by atoms with Crippen molar-refractivity contribution in [1.82, 2.24) is 28.5 Å². The quantitative estimate of drug-likeness (QED) is 0.497. The van der Waals surface area contributed by atoms with Gasteiger partial charge in [0.05, 0.1) is 17.4 Å². The summed E-state index contributed by atoms with van der Waals surface area (Å²) in [5, 5.41) is 13.1. The summed E-state index contributed by atoms with van der Waals surface area (Å²) in [7, 11) is 1.77. The first-order valence-corrected chi connectivity index (χ1v) is 9.91. The molecule has 9 heteroatoms. The molecule has 0 amide bonds. The standard InChI is InChI=1S/C22H21N7O2/c1-4-27-20-19(21(30)28(5-2)22(27)31)26(3)18(25-20)11-8-15-6-9-17(10-7-15)29-14-16(12-23)13-24-29/h6-11,13-14H,4-5H2,1-3H3. The average molecular weight is 415 g/mol. The monoisotopic (exact) mass is 415 g/mol. The van der Waals surface area contributed by atoms with E-state index in [-0.39, 0.29) is 11.2 Å². The van der Waals surface area contributed by atoms with Gasteiger partial charge in [-0.25, -0.2) is 14.5 Å². The molecule has 1 aromatic carbocycles. The van der Waals surface area contributed by atoms with E-state index in [2.05, 4.69) is 16.2 Å². The molecular formula is C22H21N7O2. The molecule has 0 aliphatic rings. The number of hydrogen-bond acceptors (Lipinski definition) is 5. The molecule has 0 aliphatic carbocycles. The van der Waals surface area contributed by atoms with Gasteiger partial charge in [0, 0.05) is 26.3 Å². The highest BCUT2D eigenvalue weighted by Crippen LogP contribution is 2.15. The summed E-state index contributed by atoms with van der Waals surface area (Å²) in [4.78, 5) is 29.9. The SMILES string of the molecule is CCn1c(=O)c2c(nc(C=Cc3ccc(-n4cc(C#N)cn4)cc3)n2C)n(CC)c1=O. The van der Waals surface area contributed by atoms with Crippen molar-refractivity contribution in [2.45, 2.75) is 26.9 Å². The first kappa shape index (κ1) is 20.1. The van der Waals surface area contributed by atoms with Gasteiger partial charge < -0.3 is 4.57 Å². The first-order valence-electron chi connectivity index (χ1n) is 9.91. The van der Waals surface area contributed by atoms with Gasteiger partial charge in [0.1, 0.15) is 11.9 Å². The van der Waals surface area contributed by atoms with Crippen molar-refractivity contribution in [3.8, 4) is 11.8 Å². The molecule has 0 unspecified atom stereocenters. The Morgan fingerprint density at radius 1 is 1.06 bits per heavy atom. The van der Waals surface area contributed by atoms with E-state index in [1.165, 1.54) is 15.3 Å². The number of nitriles is 1. The molecule has 4 aromatic rings.